The number of amides is 10. The summed E-state index contributed by atoms with van der Waals surface area (Å²) in [4.78, 5) is 203. The van der Waals surface area contributed by atoms with E-state index in [2.05, 4.69) is 21.3 Å². The van der Waals surface area contributed by atoms with Crippen molar-refractivity contribution in [1.82, 2.24) is 55.7 Å². The predicted molar refractivity (Wildman–Crippen MR) is 369 cm³/mol. The number of likely N-dealkylation sites (N-methyl/N-ethyl adjacent to an activating group) is 4. The molecule has 546 valence electrons. The fourth-order valence-electron chi connectivity index (χ4n) is 13.7. The Bertz CT molecular complexity index is 4140. The van der Waals surface area contributed by atoms with Crippen molar-refractivity contribution in [2.75, 3.05) is 74.3 Å². The topological polar surface area (TPSA) is 378 Å². The standard InChI is InChI=1S/C72H90N12O18/c1-35(2)58-71(96)100-39(7)54(65(90)74-46(31-41-20-24-43(98-13)25-21-41)67(92)83-29-15-17-48(83)69(94)79(9)33-50(85)81(58)11)77-63(88)45-28-19-37(5)61-56(45)76-57-52(53(73)60(87)38(6)62(57)102-61)64(89)78-55-40(8)101-72(97)59(36(3)4)82(12)51(86)34-80(10)70(95)49-18-16-30-84(49)68(93)47(75-66(55)91)32-42-22-26-44(99-14)27-23-42/h19-28,35-36,39-40,46-49,54-55,58-59H,15-18,29-34,73H2,1-14H3,(H,74,90)(H,75,91)(H,77,88)(H,78,89)/t39-,40-,46-,47-,48+,49+,54+,55+,58+,59+/m1/s1. The lowest BCUT2D eigenvalue weighted by Crippen LogP contribution is -2.61. The van der Waals surface area contributed by atoms with Gasteiger partial charge < -0.3 is 79.8 Å². The summed E-state index contributed by atoms with van der Waals surface area (Å²) in [6, 6.07) is 4.77. The normalized spacial score (nSPS) is 24.3. The van der Waals surface area contributed by atoms with Gasteiger partial charge >= 0.3 is 11.9 Å². The number of methoxy groups -OCH3 is 2. The van der Waals surface area contributed by atoms with Crippen LogP contribution in [0, 0.1) is 25.7 Å². The van der Waals surface area contributed by atoms with Gasteiger partial charge in [-0.25, -0.2) is 14.6 Å². The number of rotatable bonds is 12. The SMILES string of the molecule is COc1ccc(C[C@H]2NC(=O)[C@@H](NC(=O)c3c4nc5c(C(=O)N[C@@H]6C(=O)N[C@H](Cc7ccc(OC)cc7)C(=O)N7CCC[C@H]7C(=O)N(C)CC(=O)N(C)[C@@H](C(C)C)C(=O)O[C@@H]6C)ccc(C)c5oc-4c(C)c(=O)c3N)[C@@H](C)OC(=O)[C@H](C(C)C)N(C)C(=O)CN(C)C(=O)[C@@H]3CCCN3C2=O)cc1. The molecule has 0 aromatic heterocycles. The lowest BCUT2D eigenvalue weighted by atomic mass is 9.98. The summed E-state index contributed by atoms with van der Waals surface area (Å²) in [7, 11) is 8.51. The highest BCUT2D eigenvalue weighted by atomic mass is 16.6. The van der Waals surface area contributed by atoms with Gasteiger partial charge in [-0.15, -0.1) is 0 Å². The third kappa shape index (κ3) is 15.8. The Balaban J connectivity index is 1.13. The Hall–Kier alpha value is -10.7. The van der Waals surface area contributed by atoms with Crippen LogP contribution in [0.25, 0.3) is 22.6 Å². The number of ether oxygens (including phenoxy) is 4. The molecule has 102 heavy (non-hydrogen) atoms. The van der Waals surface area contributed by atoms with Gasteiger partial charge in [-0.3, -0.25) is 52.7 Å². The Morgan fingerprint density at radius 1 is 0.608 bits per heavy atom. The summed E-state index contributed by atoms with van der Waals surface area (Å²) in [6.07, 6.45) is -2.25. The summed E-state index contributed by atoms with van der Waals surface area (Å²) in [5, 5.41) is 10.8. The molecule has 3 aromatic rings. The molecular formula is C72H90N12O18. The summed E-state index contributed by atoms with van der Waals surface area (Å²) in [6.45, 7) is 11.5. The fraction of sp³-hybridized carbons (Fsp3) is 0.500. The largest absolute Gasteiger partial charge is 0.497 e. The molecule has 6 aliphatic rings. The second kappa shape index (κ2) is 31.5. The average molecular weight is 1410 g/mol. The number of carbonyl (C=O) groups is 12. The first kappa shape index (κ1) is 75.5. The highest BCUT2D eigenvalue weighted by Crippen LogP contribution is 2.36. The smallest absolute Gasteiger partial charge is 0.329 e. The molecule has 5 aliphatic heterocycles. The van der Waals surface area contributed by atoms with Gasteiger partial charge in [0.2, 0.25) is 52.7 Å². The fourth-order valence-corrected chi connectivity index (χ4v) is 13.7. The number of nitrogens with two attached hydrogens (primary N) is 1. The number of nitrogens with one attached hydrogen (secondary N) is 4. The predicted octanol–water partition coefficient (Wildman–Crippen LogP) is 1.92. The van der Waals surface area contributed by atoms with Crippen molar-refractivity contribution in [2.24, 2.45) is 11.8 Å². The van der Waals surface area contributed by atoms with Gasteiger partial charge in [-0.2, -0.15) is 0 Å². The Kier molecular flexibility index (Phi) is 23.3. The minimum absolute atomic E-state index is 0.101. The third-order valence-corrected chi connectivity index (χ3v) is 19.5. The average Bonchev–Trinajstić information content (AvgIpc) is 0.968. The highest BCUT2D eigenvalue weighted by molar-refractivity contribution is 6.10. The van der Waals surface area contributed by atoms with Gasteiger partial charge in [0.05, 0.1) is 44.1 Å². The van der Waals surface area contributed by atoms with E-state index in [0.29, 0.717) is 41.0 Å². The van der Waals surface area contributed by atoms with E-state index < -0.39 is 179 Å². The molecule has 0 bridgehead atoms. The molecular weight excluding hydrogens is 1320 g/mol. The van der Waals surface area contributed by atoms with Crippen molar-refractivity contribution >= 4 is 87.8 Å². The number of hydrogen-bond donors (Lipinski definition) is 5. The lowest BCUT2D eigenvalue weighted by Gasteiger charge is -2.35. The number of hydrogen-bond acceptors (Lipinski definition) is 20. The van der Waals surface area contributed by atoms with Crippen molar-refractivity contribution in [3.05, 3.63) is 104 Å². The molecule has 0 saturated carbocycles. The number of anilines is 1. The molecule has 0 unspecified atom stereocenters. The van der Waals surface area contributed by atoms with E-state index in [9.17, 15) is 38.4 Å². The van der Waals surface area contributed by atoms with Gasteiger partial charge in [0.1, 0.15) is 83.3 Å². The van der Waals surface area contributed by atoms with Crippen LogP contribution in [0.4, 0.5) is 5.69 Å². The van der Waals surface area contributed by atoms with Crippen LogP contribution in [0.2, 0.25) is 0 Å². The van der Waals surface area contributed by atoms with Crippen LogP contribution in [0.1, 0.15) is 110 Å². The second-order valence-corrected chi connectivity index (χ2v) is 27.3. The van der Waals surface area contributed by atoms with Crippen molar-refractivity contribution < 1.29 is 80.9 Å². The van der Waals surface area contributed by atoms with Crippen LogP contribution >= 0.6 is 0 Å². The molecule has 0 spiro atoms. The number of aryl methyl sites for hydroxylation is 1. The molecule has 10 amide bonds. The van der Waals surface area contributed by atoms with Gasteiger partial charge in [0, 0.05) is 59.7 Å². The van der Waals surface area contributed by atoms with E-state index in [0.717, 1.165) is 9.80 Å². The zero-order valence-electron chi connectivity index (χ0n) is 59.8. The number of benzene rings is 4. The molecule has 4 fully saturated rings. The maximum atomic E-state index is 15.5. The first-order valence-corrected chi connectivity index (χ1v) is 33.9. The number of aromatic nitrogens is 1. The van der Waals surface area contributed by atoms with E-state index >= 15 is 24.0 Å². The first-order chi connectivity index (χ1) is 48.3. The zero-order valence-corrected chi connectivity index (χ0v) is 59.8. The summed E-state index contributed by atoms with van der Waals surface area (Å²) in [5.74, 6) is -10.7. The number of carbonyl (C=O) groups excluding carboxylic acids is 12. The first-order valence-electron chi connectivity index (χ1n) is 33.9. The number of cyclic esters (lactones) is 2. The Labute approximate surface area is 589 Å². The molecule has 30 nitrogen and oxygen atoms in total. The maximum absolute atomic E-state index is 15.5. The van der Waals surface area contributed by atoms with Crippen LogP contribution in [0.5, 0.6) is 11.5 Å². The quantitative estimate of drug-likeness (QED) is 0.0676. The summed E-state index contributed by atoms with van der Waals surface area (Å²) in [5.41, 5.74) is 4.52. The molecule has 5 heterocycles. The van der Waals surface area contributed by atoms with Gasteiger partial charge in [0.15, 0.2) is 11.3 Å². The molecule has 9 rings (SSSR count). The van der Waals surface area contributed by atoms with Crippen LogP contribution in [-0.4, -0.2) is 235 Å². The molecule has 0 radical (unpaired) electrons. The summed E-state index contributed by atoms with van der Waals surface area (Å²) < 4.78 is 29.3. The van der Waals surface area contributed by atoms with E-state index in [1.807, 2.05) is 0 Å². The number of fused-ring (bicyclic) bond motifs is 4. The minimum Gasteiger partial charge on any atom is -0.497 e. The van der Waals surface area contributed by atoms with Gasteiger partial charge in [-0.05, 0) is 112 Å². The maximum Gasteiger partial charge on any atom is 0.329 e. The van der Waals surface area contributed by atoms with E-state index in [-0.39, 0.29) is 66.8 Å². The van der Waals surface area contributed by atoms with Crippen LogP contribution in [0.3, 0.4) is 0 Å². The zero-order chi connectivity index (χ0) is 74.6. The molecule has 30 heteroatoms. The van der Waals surface area contributed by atoms with E-state index in [4.69, 9.17) is 34.1 Å². The van der Waals surface area contributed by atoms with E-state index in [1.165, 1.54) is 94.9 Å². The highest BCUT2D eigenvalue weighted by Gasteiger charge is 2.46. The Morgan fingerprint density at radius 2 is 1.03 bits per heavy atom. The molecule has 1 aliphatic carbocycles. The van der Waals surface area contributed by atoms with Crippen LogP contribution in [-0.2, 0) is 70.3 Å². The number of nitrogens with zero attached hydrogens (tertiary/aromatic N) is 7. The monoisotopic (exact) mass is 1410 g/mol. The van der Waals surface area contributed by atoms with Gasteiger partial charge in [0.25, 0.3) is 11.8 Å². The van der Waals surface area contributed by atoms with Gasteiger partial charge in [-0.1, -0.05) is 58.0 Å². The minimum atomic E-state index is -1.96. The van der Waals surface area contributed by atoms with E-state index in [1.54, 1.807) is 83.1 Å². The van der Waals surface area contributed by atoms with Crippen LogP contribution in [0.15, 0.2) is 69.9 Å². The summed E-state index contributed by atoms with van der Waals surface area (Å²) >= 11 is 0. The number of esters is 2. The van der Waals surface area contributed by atoms with Crippen molar-refractivity contribution in [2.45, 2.75) is 154 Å². The van der Waals surface area contributed by atoms with Crippen LogP contribution < -0.4 is 41.9 Å². The van der Waals surface area contributed by atoms with Crippen molar-refractivity contribution in [3.63, 3.8) is 0 Å². The molecule has 3 aromatic carbocycles. The lowest BCUT2D eigenvalue weighted by molar-refractivity contribution is -0.163. The third-order valence-electron chi connectivity index (χ3n) is 19.5. The molecule has 4 saturated heterocycles. The number of nitrogen functional groups attached to an aromatic ring is 1. The van der Waals surface area contributed by atoms with Crippen molar-refractivity contribution in [1.29, 1.82) is 0 Å². The Morgan fingerprint density at radius 3 is 1.44 bits per heavy atom. The van der Waals surface area contributed by atoms with Crippen molar-refractivity contribution in [3.8, 4) is 23.0 Å². The second-order valence-electron chi connectivity index (χ2n) is 27.3. The molecule has 10 atom stereocenters. The molecule has 6 N–H and O–H groups in total.